The summed E-state index contributed by atoms with van der Waals surface area (Å²) in [6.45, 7) is 2.49. The summed E-state index contributed by atoms with van der Waals surface area (Å²) in [6.07, 6.45) is 1.45. The number of aromatic hydroxyl groups is 1. The number of carbonyl (C=O) groups excluding carboxylic acids is 1. The average molecular weight is 617 g/mol. The summed E-state index contributed by atoms with van der Waals surface area (Å²) < 4.78 is 13.0. The summed E-state index contributed by atoms with van der Waals surface area (Å²) in [6, 6.07) is 18.1. The van der Waals surface area contributed by atoms with Crippen LogP contribution in [0.25, 0.3) is 17.1 Å². The maximum absolute atomic E-state index is 12.5. The van der Waals surface area contributed by atoms with Crippen molar-refractivity contribution >= 4 is 51.4 Å². The molecule has 1 heterocycles. The minimum atomic E-state index is -0.328. The predicted octanol–water partition coefficient (Wildman–Crippen LogP) is 5.71. The number of hydrazone groups is 1. The van der Waals surface area contributed by atoms with E-state index >= 15 is 0 Å². The molecule has 3 aromatic carbocycles. The van der Waals surface area contributed by atoms with Crippen molar-refractivity contribution in [2.24, 2.45) is 5.10 Å². The molecule has 0 saturated carbocycles. The number of thioether (sulfide) groups is 1. The van der Waals surface area contributed by atoms with Crippen molar-refractivity contribution in [1.82, 2.24) is 20.2 Å². The summed E-state index contributed by atoms with van der Waals surface area (Å²) in [4.78, 5) is 12.5. The normalized spacial score (nSPS) is 11.1. The minimum Gasteiger partial charge on any atom is -0.503 e. The summed E-state index contributed by atoms with van der Waals surface area (Å²) in [5, 5.41) is 23.8. The van der Waals surface area contributed by atoms with Gasteiger partial charge in [0.25, 0.3) is 5.91 Å². The van der Waals surface area contributed by atoms with Crippen LogP contribution in [0.4, 0.5) is 0 Å². The van der Waals surface area contributed by atoms with Gasteiger partial charge < -0.3 is 14.6 Å². The van der Waals surface area contributed by atoms with E-state index in [1.165, 1.54) is 25.1 Å². The van der Waals surface area contributed by atoms with Gasteiger partial charge in [0.05, 0.1) is 30.2 Å². The highest BCUT2D eigenvalue weighted by Gasteiger charge is 2.17. The number of halogens is 2. The van der Waals surface area contributed by atoms with E-state index in [4.69, 9.17) is 21.1 Å². The lowest BCUT2D eigenvalue weighted by Crippen LogP contribution is -2.20. The fraction of sp³-hybridized carbons (Fsp3) is 0.154. The number of benzene rings is 3. The molecule has 196 valence electrons. The lowest BCUT2D eigenvalue weighted by Gasteiger charge is -2.11. The van der Waals surface area contributed by atoms with Gasteiger partial charge in [-0.2, -0.15) is 5.10 Å². The maximum Gasteiger partial charge on any atom is 0.250 e. The molecule has 0 fully saturated rings. The maximum atomic E-state index is 12.5. The summed E-state index contributed by atoms with van der Waals surface area (Å²) in [5.41, 5.74) is 4.77. The van der Waals surface area contributed by atoms with Crippen molar-refractivity contribution in [1.29, 1.82) is 0 Å². The Morgan fingerprint density at radius 3 is 2.61 bits per heavy atom. The van der Waals surface area contributed by atoms with Crippen molar-refractivity contribution in [3.8, 4) is 34.3 Å². The Labute approximate surface area is 237 Å². The number of methoxy groups -OCH3 is 1. The molecule has 0 bridgehead atoms. The third kappa shape index (κ3) is 6.66. The summed E-state index contributed by atoms with van der Waals surface area (Å²) >= 11 is 10.6. The van der Waals surface area contributed by atoms with E-state index in [2.05, 4.69) is 36.7 Å². The number of phenolic OH excluding ortho intramolecular Hbond substituents is 1. The van der Waals surface area contributed by atoms with Crippen molar-refractivity contribution in [2.75, 3.05) is 19.5 Å². The number of rotatable bonds is 10. The zero-order chi connectivity index (χ0) is 27.1. The molecule has 0 atom stereocenters. The quantitative estimate of drug-likeness (QED) is 0.133. The molecule has 0 saturated heterocycles. The molecule has 0 aliphatic heterocycles. The summed E-state index contributed by atoms with van der Waals surface area (Å²) in [5.74, 6) is 1.36. The first-order valence-electron chi connectivity index (χ1n) is 11.4. The molecular formula is C26H23BrClN5O4S. The van der Waals surface area contributed by atoms with Gasteiger partial charge in [0.15, 0.2) is 22.5 Å². The van der Waals surface area contributed by atoms with Gasteiger partial charge in [0, 0.05) is 16.3 Å². The van der Waals surface area contributed by atoms with Gasteiger partial charge in [-0.25, -0.2) is 5.43 Å². The lowest BCUT2D eigenvalue weighted by molar-refractivity contribution is -0.118. The number of ether oxygens (including phenoxy) is 2. The molecule has 4 rings (SSSR count). The summed E-state index contributed by atoms with van der Waals surface area (Å²) in [7, 11) is 1.45. The number of nitrogens with one attached hydrogen (secondary N) is 1. The standard InChI is InChI=1S/C26H23BrClN5O4S/c1-3-37-20-10-8-19(9-11-20)33-25(17-4-6-18(28)7-5-17)31-32-26(33)38-15-23(34)30-29-14-16-12-21(27)24(35)22(13-16)36-2/h4-14,35H,3,15H2,1-2H3,(H,30,34). The SMILES string of the molecule is CCOc1ccc(-n2c(SCC(=O)NN=Cc3cc(Br)c(O)c(OC)c3)nnc2-c2ccc(Cl)cc2)cc1. The van der Waals surface area contributed by atoms with Crippen molar-refractivity contribution in [3.63, 3.8) is 0 Å². The first-order chi connectivity index (χ1) is 18.4. The van der Waals surface area contributed by atoms with Gasteiger partial charge in [-0.1, -0.05) is 23.4 Å². The third-order valence-corrected chi connectivity index (χ3v) is 6.93. The minimum absolute atomic E-state index is 0.0142. The largest absolute Gasteiger partial charge is 0.503 e. The van der Waals surface area contributed by atoms with E-state index < -0.39 is 0 Å². The molecule has 0 spiro atoms. The number of aromatic nitrogens is 3. The fourth-order valence-corrected chi connectivity index (χ4v) is 4.74. The number of carbonyl (C=O) groups is 1. The predicted molar refractivity (Wildman–Crippen MR) is 152 cm³/mol. The van der Waals surface area contributed by atoms with Crippen LogP contribution < -0.4 is 14.9 Å². The molecule has 0 aliphatic carbocycles. The van der Waals surface area contributed by atoms with Gasteiger partial charge in [-0.3, -0.25) is 9.36 Å². The Morgan fingerprint density at radius 1 is 1.18 bits per heavy atom. The number of hydrogen-bond acceptors (Lipinski definition) is 8. The Morgan fingerprint density at radius 2 is 1.92 bits per heavy atom. The van der Waals surface area contributed by atoms with E-state index in [-0.39, 0.29) is 23.2 Å². The van der Waals surface area contributed by atoms with E-state index in [0.29, 0.717) is 32.6 Å². The van der Waals surface area contributed by atoms with Crippen LogP contribution in [-0.4, -0.2) is 51.5 Å². The van der Waals surface area contributed by atoms with Gasteiger partial charge in [0.2, 0.25) is 0 Å². The molecule has 1 aromatic heterocycles. The van der Waals surface area contributed by atoms with E-state index in [0.717, 1.165) is 17.0 Å². The highest BCUT2D eigenvalue weighted by Crippen LogP contribution is 2.34. The van der Waals surface area contributed by atoms with Gasteiger partial charge in [0.1, 0.15) is 5.75 Å². The van der Waals surface area contributed by atoms with Gasteiger partial charge >= 0.3 is 0 Å². The molecule has 0 unspecified atom stereocenters. The van der Waals surface area contributed by atoms with Crippen LogP contribution in [0, 0.1) is 0 Å². The molecule has 2 N–H and O–H groups in total. The Balaban J connectivity index is 1.51. The number of hydrogen-bond donors (Lipinski definition) is 2. The highest BCUT2D eigenvalue weighted by molar-refractivity contribution is 9.10. The fourth-order valence-electron chi connectivity index (χ4n) is 3.41. The molecule has 1 amide bonds. The van der Waals surface area contributed by atoms with Gasteiger partial charge in [-0.05, 0) is 89.1 Å². The molecule has 38 heavy (non-hydrogen) atoms. The third-order valence-electron chi connectivity index (χ3n) is 5.15. The number of amides is 1. The van der Waals surface area contributed by atoms with Crippen molar-refractivity contribution in [2.45, 2.75) is 12.1 Å². The zero-order valence-electron chi connectivity index (χ0n) is 20.4. The molecule has 9 nitrogen and oxygen atoms in total. The lowest BCUT2D eigenvalue weighted by atomic mass is 10.2. The van der Waals surface area contributed by atoms with E-state index in [1.807, 2.05) is 47.9 Å². The van der Waals surface area contributed by atoms with Crippen LogP contribution in [0.15, 0.2) is 75.4 Å². The second kappa shape index (κ2) is 12.8. The first kappa shape index (κ1) is 27.5. The van der Waals surface area contributed by atoms with Gasteiger partial charge in [-0.15, -0.1) is 10.2 Å². The van der Waals surface area contributed by atoms with Crippen LogP contribution in [0.3, 0.4) is 0 Å². The molecule has 4 aromatic rings. The Hall–Kier alpha value is -3.54. The topological polar surface area (TPSA) is 111 Å². The molecule has 0 aliphatic rings. The van der Waals surface area contributed by atoms with Crippen molar-refractivity contribution < 1.29 is 19.4 Å². The zero-order valence-corrected chi connectivity index (χ0v) is 23.5. The Kier molecular flexibility index (Phi) is 9.27. The van der Waals surface area contributed by atoms with E-state index in [1.54, 1.807) is 24.3 Å². The second-order valence-corrected chi connectivity index (χ2v) is 9.94. The van der Waals surface area contributed by atoms with Crippen LogP contribution in [-0.2, 0) is 4.79 Å². The Bertz CT molecular complexity index is 1450. The van der Waals surface area contributed by atoms with Crippen LogP contribution >= 0.6 is 39.3 Å². The van der Waals surface area contributed by atoms with Crippen LogP contribution in [0.2, 0.25) is 5.02 Å². The second-order valence-electron chi connectivity index (χ2n) is 7.71. The van der Waals surface area contributed by atoms with Crippen LogP contribution in [0.5, 0.6) is 17.2 Å². The van der Waals surface area contributed by atoms with Crippen LogP contribution in [0.1, 0.15) is 12.5 Å². The monoisotopic (exact) mass is 615 g/mol. The van der Waals surface area contributed by atoms with Crippen molar-refractivity contribution in [3.05, 3.63) is 75.7 Å². The highest BCUT2D eigenvalue weighted by atomic mass is 79.9. The average Bonchev–Trinajstić information content (AvgIpc) is 3.34. The number of phenols is 1. The first-order valence-corrected chi connectivity index (χ1v) is 13.5. The smallest absolute Gasteiger partial charge is 0.250 e. The molecule has 12 heteroatoms. The number of nitrogens with zero attached hydrogens (tertiary/aromatic N) is 4. The van der Waals surface area contributed by atoms with E-state index in [9.17, 15) is 9.90 Å². The molecule has 0 radical (unpaired) electrons. The molecular weight excluding hydrogens is 594 g/mol.